The molecule has 0 fully saturated rings. The zero-order valence-electron chi connectivity index (χ0n) is 14.0. The molecule has 0 unspecified atom stereocenters. The Morgan fingerprint density at radius 1 is 1.08 bits per heavy atom. The number of pyridine rings is 1. The van der Waals surface area contributed by atoms with E-state index in [1.165, 1.54) is 18.0 Å². The molecule has 0 saturated heterocycles. The minimum Gasteiger partial charge on any atom is -0.377 e. The Morgan fingerprint density at radius 3 is 2.85 bits per heavy atom. The average Bonchev–Trinajstić information content (AvgIpc) is 2.69. The Labute approximate surface area is 150 Å². The van der Waals surface area contributed by atoms with E-state index in [0.717, 1.165) is 29.5 Å². The van der Waals surface area contributed by atoms with Crippen molar-refractivity contribution < 1.29 is 9.53 Å². The van der Waals surface area contributed by atoms with Crippen molar-refractivity contribution in [3.8, 4) is 0 Å². The van der Waals surface area contributed by atoms with Crippen LogP contribution in [0.4, 0.5) is 16.3 Å². The van der Waals surface area contributed by atoms with Gasteiger partial charge in [0.15, 0.2) is 5.82 Å². The van der Waals surface area contributed by atoms with Crippen LogP contribution in [0.3, 0.4) is 0 Å². The number of carbonyl (C=O) groups is 1. The zero-order valence-corrected chi connectivity index (χ0v) is 14.0. The lowest BCUT2D eigenvalue weighted by atomic mass is 9.99. The van der Waals surface area contributed by atoms with Gasteiger partial charge >= 0.3 is 6.03 Å². The van der Waals surface area contributed by atoms with Gasteiger partial charge in [0, 0.05) is 24.0 Å². The Bertz CT molecular complexity index is 972. The summed E-state index contributed by atoms with van der Waals surface area (Å²) in [6.07, 6.45) is 9.20. The lowest BCUT2D eigenvalue weighted by Crippen LogP contribution is -2.20. The van der Waals surface area contributed by atoms with Gasteiger partial charge in [-0.2, -0.15) is 0 Å². The predicted octanol–water partition coefficient (Wildman–Crippen LogP) is 3.47. The average molecular weight is 347 g/mol. The molecule has 1 aliphatic heterocycles. The molecule has 1 aliphatic rings. The number of carbonyl (C=O) groups excluding carboxylic acids is 1. The Hall–Kier alpha value is -3.32. The maximum Gasteiger partial charge on any atom is 0.324 e. The van der Waals surface area contributed by atoms with Gasteiger partial charge in [0.25, 0.3) is 0 Å². The fraction of sp³-hybridized carbons (Fsp3) is 0.158. The van der Waals surface area contributed by atoms with Crippen molar-refractivity contribution in [1.82, 2.24) is 15.0 Å². The molecule has 26 heavy (non-hydrogen) atoms. The number of hydrogen-bond acceptors (Lipinski definition) is 5. The highest BCUT2D eigenvalue weighted by Crippen LogP contribution is 2.28. The lowest BCUT2D eigenvalue weighted by Gasteiger charge is -2.15. The molecule has 2 N–H and O–H groups in total. The summed E-state index contributed by atoms with van der Waals surface area (Å²) in [5, 5.41) is 6.40. The molecular formula is C19H17N5O2. The van der Waals surface area contributed by atoms with Crippen LogP contribution >= 0.6 is 0 Å². The van der Waals surface area contributed by atoms with Crippen LogP contribution in [0.1, 0.15) is 12.0 Å². The minimum absolute atomic E-state index is 0.381. The maximum absolute atomic E-state index is 12.3. The second-order valence-electron chi connectivity index (χ2n) is 5.81. The van der Waals surface area contributed by atoms with E-state index in [2.05, 4.69) is 43.8 Å². The van der Waals surface area contributed by atoms with Gasteiger partial charge in [0.1, 0.15) is 0 Å². The smallest absolute Gasteiger partial charge is 0.324 e. The van der Waals surface area contributed by atoms with Crippen molar-refractivity contribution in [2.45, 2.75) is 6.42 Å². The molecule has 7 nitrogen and oxygen atoms in total. The second-order valence-corrected chi connectivity index (χ2v) is 5.81. The van der Waals surface area contributed by atoms with Crippen molar-refractivity contribution in [2.75, 3.05) is 23.8 Å². The van der Waals surface area contributed by atoms with Crippen LogP contribution in [0.25, 0.3) is 16.5 Å². The molecule has 1 aromatic carbocycles. The molecule has 2 aromatic heterocycles. The summed E-state index contributed by atoms with van der Waals surface area (Å²) >= 11 is 0. The zero-order chi connectivity index (χ0) is 17.8. The molecule has 0 spiro atoms. The lowest BCUT2D eigenvalue weighted by molar-refractivity contribution is 0.161. The molecule has 3 aromatic rings. The molecular weight excluding hydrogens is 330 g/mol. The predicted molar refractivity (Wildman–Crippen MR) is 99.8 cm³/mol. The van der Waals surface area contributed by atoms with E-state index in [9.17, 15) is 4.79 Å². The number of nitrogens with zero attached hydrogens (tertiary/aromatic N) is 3. The third-order valence-corrected chi connectivity index (χ3v) is 4.13. The Morgan fingerprint density at radius 2 is 2.04 bits per heavy atom. The molecule has 130 valence electrons. The summed E-state index contributed by atoms with van der Waals surface area (Å²) in [5.41, 5.74) is 3.87. The third-order valence-electron chi connectivity index (χ3n) is 4.13. The molecule has 0 radical (unpaired) electrons. The van der Waals surface area contributed by atoms with Crippen molar-refractivity contribution in [3.63, 3.8) is 0 Å². The number of urea groups is 1. The van der Waals surface area contributed by atoms with E-state index in [4.69, 9.17) is 4.74 Å². The number of hydrogen-bond donors (Lipinski definition) is 2. The molecule has 7 heteroatoms. The Balaban J connectivity index is 1.62. The number of benzene rings is 1. The topological polar surface area (TPSA) is 89.0 Å². The summed E-state index contributed by atoms with van der Waals surface area (Å²) in [6, 6.07) is 7.47. The van der Waals surface area contributed by atoms with Crippen molar-refractivity contribution in [3.05, 3.63) is 60.7 Å². The first kappa shape index (κ1) is 16.2. The van der Waals surface area contributed by atoms with Crippen LogP contribution in [0.15, 0.2) is 55.1 Å². The largest absolute Gasteiger partial charge is 0.377 e. The van der Waals surface area contributed by atoms with Crippen LogP contribution < -0.4 is 10.6 Å². The highest BCUT2D eigenvalue weighted by Gasteiger charge is 2.11. The SMILES string of the molecule is O=C(Nc1cnccn1)Nc1ccnc2ccc(C3=CCOCC3)cc12. The molecule has 3 heterocycles. The number of aromatic nitrogens is 3. The van der Waals surface area contributed by atoms with Gasteiger partial charge in [-0.3, -0.25) is 15.3 Å². The van der Waals surface area contributed by atoms with E-state index in [0.29, 0.717) is 18.1 Å². The van der Waals surface area contributed by atoms with Crippen LogP contribution in [-0.4, -0.2) is 34.2 Å². The van der Waals surface area contributed by atoms with Gasteiger partial charge in [0.05, 0.1) is 30.6 Å². The first-order valence-electron chi connectivity index (χ1n) is 8.29. The monoisotopic (exact) mass is 347 g/mol. The summed E-state index contributed by atoms with van der Waals surface area (Å²) in [4.78, 5) is 24.6. The summed E-state index contributed by atoms with van der Waals surface area (Å²) in [7, 11) is 0. The maximum atomic E-state index is 12.3. The van der Waals surface area contributed by atoms with Crippen LogP contribution in [0.5, 0.6) is 0 Å². The highest BCUT2D eigenvalue weighted by molar-refractivity contribution is 6.05. The van der Waals surface area contributed by atoms with Crippen LogP contribution in [0.2, 0.25) is 0 Å². The number of rotatable bonds is 3. The molecule has 4 rings (SSSR count). The Kier molecular flexibility index (Phi) is 4.53. The van der Waals surface area contributed by atoms with Crippen molar-refractivity contribution in [2.24, 2.45) is 0 Å². The number of ether oxygens (including phenoxy) is 1. The van der Waals surface area contributed by atoms with Gasteiger partial charge in [-0.1, -0.05) is 12.1 Å². The number of anilines is 2. The fourth-order valence-corrected chi connectivity index (χ4v) is 2.88. The van der Waals surface area contributed by atoms with Gasteiger partial charge in [0.2, 0.25) is 0 Å². The van der Waals surface area contributed by atoms with E-state index in [-0.39, 0.29) is 6.03 Å². The summed E-state index contributed by atoms with van der Waals surface area (Å²) in [6.45, 7) is 1.36. The normalized spacial score (nSPS) is 13.9. The highest BCUT2D eigenvalue weighted by atomic mass is 16.5. The van der Waals surface area contributed by atoms with Crippen LogP contribution in [-0.2, 0) is 4.74 Å². The number of fused-ring (bicyclic) bond motifs is 1. The van der Waals surface area contributed by atoms with Crippen LogP contribution in [0, 0.1) is 0 Å². The van der Waals surface area contributed by atoms with Gasteiger partial charge in [-0.15, -0.1) is 0 Å². The fourth-order valence-electron chi connectivity index (χ4n) is 2.88. The quantitative estimate of drug-likeness (QED) is 0.757. The van der Waals surface area contributed by atoms with E-state index in [1.54, 1.807) is 18.5 Å². The van der Waals surface area contributed by atoms with Crippen molar-refractivity contribution >= 4 is 34.0 Å². The van der Waals surface area contributed by atoms with Gasteiger partial charge in [-0.25, -0.2) is 9.78 Å². The van der Waals surface area contributed by atoms with E-state index >= 15 is 0 Å². The van der Waals surface area contributed by atoms with Gasteiger partial charge < -0.3 is 10.1 Å². The van der Waals surface area contributed by atoms with Gasteiger partial charge in [-0.05, 0) is 35.8 Å². The summed E-state index contributed by atoms with van der Waals surface area (Å²) < 4.78 is 5.38. The molecule has 2 amide bonds. The van der Waals surface area contributed by atoms with E-state index < -0.39 is 0 Å². The second kappa shape index (κ2) is 7.28. The standard InChI is InChI=1S/C19H17N5O2/c25-19(24-18-12-20-7-8-22-18)23-17-3-6-21-16-2-1-14(11-15(16)17)13-4-9-26-10-5-13/h1-4,6-8,11-12H,5,9-10H2,(H2,21,22,23,24,25). The molecule has 0 aliphatic carbocycles. The third kappa shape index (κ3) is 3.52. The number of nitrogens with one attached hydrogen (secondary N) is 2. The summed E-state index contributed by atoms with van der Waals surface area (Å²) in [5.74, 6) is 0.386. The number of amides is 2. The first-order chi connectivity index (χ1) is 12.8. The van der Waals surface area contributed by atoms with E-state index in [1.807, 2.05) is 6.07 Å². The minimum atomic E-state index is -0.381. The van der Waals surface area contributed by atoms with Crippen molar-refractivity contribution in [1.29, 1.82) is 0 Å². The molecule has 0 bridgehead atoms. The first-order valence-corrected chi connectivity index (χ1v) is 8.29. The molecule has 0 saturated carbocycles. The molecule has 0 atom stereocenters.